The van der Waals surface area contributed by atoms with Crippen molar-refractivity contribution in [1.82, 2.24) is 9.80 Å². The van der Waals surface area contributed by atoms with Crippen LogP contribution in [0.2, 0.25) is 0 Å². The lowest BCUT2D eigenvalue weighted by molar-refractivity contribution is 0.169. The van der Waals surface area contributed by atoms with Gasteiger partial charge in [-0.3, -0.25) is 4.90 Å². The Morgan fingerprint density at radius 3 is 2.17 bits per heavy atom. The van der Waals surface area contributed by atoms with Gasteiger partial charge in [-0.1, -0.05) is 59.8 Å². The number of hydrogen-bond donors (Lipinski definition) is 1. The third kappa shape index (κ3) is 4.43. The molecule has 0 atom stereocenters. The zero-order valence-corrected chi connectivity index (χ0v) is 14.2. The average molecular weight is 323 g/mol. The van der Waals surface area contributed by atoms with Gasteiger partial charge in [0.2, 0.25) is 0 Å². The predicted molar refractivity (Wildman–Crippen MR) is 98.0 cm³/mol. The largest absolute Gasteiger partial charge is 0.411 e. The molecule has 0 saturated carbocycles. The molecule has 4 nitrogen and oxygen atoms in total. The first kappa shape index (κ1) is 16.7. The normalized spacial score (nSPS) is 17.1. The Labute approximate surface area is 144 Å². The Hall–Kier alpha value is -2.17. The zero-order valence-electron chi connectivity index (χ0n) is 14.2. The summed E-state index contributed by atoms with van der Waals surface area (Å²) in [4.78, 5) is 4.66. The Kier molecular flexibility index (Phi) is 5.62. The molecule has 0 radical (unpaired) electrons. The summed E-state index contributed by atoms with van der Waals surface area (Å²) in [7, 11) is 2.14. The van der Waals surface area contributed by atoms with Crippen LogP contribution < -0.4 is 0 Å². The van der Waals surface area contributed by atoms with Crippen LogP contribution in [0.15, 0.2) is 59.8 Å². The summed E-state index contributed by atoms with van der Waals surface area (Å²) < 4.78 is 0. The second kappa shape index (κ2) is 8.08. The van der Waals surface area contributed by atoms with Crippen LogP contribution in [0.1, 0.15) is 16.7 Å². The van der Waals surface area contributed by atoms with E-state index < -0.39 is 0 Å². The van der Waals surface area contributed by atoms with Crippen LogP contribution in [0, 0.1) is 0 Å². The molecule has 1 heterocycles. The summed E-state index contributed by atoms with van der Waals surface area (Å²) in [5, 5.41) is 13.0. The van der Waals surface area contributed by atoms with E-state index >= 15 is 0 Å². The lowest BCUT2D eigenvalue weighted by Gasteiger charge is -2.32. The lowest BCUT2D eigenvalue weighted by atomic mass is 10.0. The summed E-state index contributed by atoms with van der Waals surface area (Å²) in [6.45, 7) is 4.86. The molecule has 1 saturated heterocycles. The van der Waals surface area contributed by atoms with E-state index in [1.807, 2.05) is 6.07 Å². The Bertz CT molecular complexity index is 659. The third-order valence-corrected chi connectivity index (χ3v) is 4.63. The SMILES string of the molecule is CN1CCN(CC(=NO)c2ccc(Cc3ccccc3)cc2)CC1. The van der Waals surface area contributed by atoms with Crippen molar-refractivity contribution in [3.63, 3.8) is 0 Å². The minimum absolute atomic E-state index is 0.697. The quantitative estimate of drug-likeness (QED) is 0.522. The number of piperazine rings is 1. The van der Waals surface area contributed by atoms with Crippen molar-refractivity contribution in [1.29, 1.82) is 0 Å². The van der Waals surface area contributed by atoms with Crippen LogP contribution in [-0.2, 0) is 6.42 Å². The summed E-state index contributed by atoms with van der Waals surface area (Å²) in [6, 6.07) is 18.8. The topological polar surface area (TPSA) is 39.1 Å². The van der Waals surface area contributed by atoms with Gasteiger partial charge in [-0.15, -0.1) is 0 Å². The highest BCUT2D eigenvalue weighted by atomic mass is 16.4. The van der Waals surface area contributed by atoms with Crippen molar-refractivity contribution in [3.8, 4) is 0 Å². The first-order chi connectivity index (χ1) is 11.7. The van der Waals surface area contributed by atoms with Crippen molar-refractivity contribution in [2.75, 3.05) is 39.8 Å². The van der Waals surface area contributed by atoms with Crippen molar-refractivity contribution >= 4 is 5.71 Å². The Morgan fingerprint density at radius 2 is 1.54 bits per heavy atom. The zero-order chi connectivity index (χ0) is 16.8. The van der Waals surface area contributed by atoms with Gasteiger partial charge in [0.25, 0.3) is 0 Å². The average Bonchev–Trinajstić information content (AvgIpc) is 2.63. The maximum absolute atomic E-state index is 9.42. The molecule has 0 aliphatic carbocycles. The molecule has 24 heavy (non-hydrogen) atoms. The fourth-order valence-electron chi connectivity index (χ4n) is 3.04. The van der Waals surface area contributed by atoms with Crippen LogP contribution in [0.4, 0.5) is 0 Å². The molecule has 2 aromatic rings. The fourth-order valence-corrected chi connectivity index (χ4v) is 3.04. The lowest BCUT2D eigenvalue weighted by Crippen LogP contribution is -2.46. The molecule has 0 spiro atoms. The van der Waals surface area contributed by atoms with E-state index in [9.17, 15) is 5.21 Å². The van der Waals surface area contributed by atoms with E-state index in [1.165, 1.54) is 11.1 Å². The molecule has 126 valence electrons. The van der Waals surface area contributed by atoms with Gasteiger partial charge in [-0.2, -0.15) is 0 Å². The summed E-state index contributed by atoms with van der Waals surface area (Å²) in [5.74, 6) is 0. The van der Waals surface area contributed by atoms with Crippen molar-refractivity contribution in [3.05, 3.63) is 71.3 Å². The molecule has 4 heteroatoms. The first-order valence-corrected chi connectivity index (χ1v) is 8.49. The molecule has 1 aliphatic heterocycles. The van der Waals surface area contributed by atoms with Crippen LogP contribution in [0.25, 0.3) is 0 Å². The van der Waals surface area contributed by atoms with Gasteiger partial charge in [0, 0.05) is 38.3 Å². The molecule has 0 aromatic heterocycles. The van der Waals surface area contributed by atoms with E-state index in [0.29, 0.717) is 6.54 Å². The first-order valence-electron chi connectivity index (χ1n) is 8.49. The van der Waals surface area contributed by atoms with Crippen LogP contribution in [0.3, 0.4) is 0 Å². The molecule has 1 fully saturated rings. The Morgan fingerprint density at radius 1 is 0.917 bits per heavy atom. The van der Waals surface area contributed by atoms with Gasteiger partial charge in [-0.25, -0.2) is 0 Å². The maximum atomic E-state index is 9.42. The summed E-state index contributed by atoms with van der Waals surface area (Å²) in [6.07, 6.45) is 0.922. The van der Waals surface area contributed by atoms with E-state index in [4.69, 9.17) is 0 Å². The molecular formula is C20H25N3O. The van der Waals surface area contributed by atoms with Crippen molar-refractivity contribution in [2.45, 2.75) is 6.42 Å². The van der Waals surface area contributed by atoms with Gasteiger partial charge >= 0.3 is 0 Å². The number of rotatable bonds is 5. The molecular weight excluding hydrogens is 298 g/mol. The van der Waals surface area contributed by atoms with E-state index in [-0.39, 0.29) is 0 Å². The summed E-state index contributed by atoms with van der Waals surface area (Å²) in [5.41, 5.74) is 4.31. The van der Waals surface area contributed by atoms with Crippen molar-refractivity contribution < 1.29 is 5.21 Å². The third-order valence-electron chi connectivity index (χ3n) is 4.63. The number of hydrogen-bond acceptors (Lipinski definition) is 4. The second-order valence-electron chi connectivity index (χ2n) is 6.49. The molecule has 0 amide bonds. The molecule has 3 rings (SSSR count). The van der Waals surface area contributed by atoms with Crippen LogP contribution >= 0.6 is 0 Å². The smallest absolute Gasteiger partial charge is 0.101 e. The highest BCUT2D eigenvalue weighted by molar-refractivity contribution is 6.01. The molecule has 0 unspecified atom stereocenters. The summed E-state index contributed by atoms with van der Waals surface area (Å²) >= 11 is 0. The van der Waals surface area contributed by atoms with Crippen LogP contribution in [-0.4, -0.2) is 60.5 Å². The van der Waals surface area contributed by atoms with E-state index in [0.717, 1.165) is 43.9 Å². The minimum atomic E-state index is 0.697. The Balaban J connectivity index is 1.63. The number of nitrogens with zero attached hydrogens (tertiary/aromatic N) is 3. The van der Waals surface area contributed by atoms with Gasteiger partial charge < -0.3 is 10.1 Å². The molecule has 0 bridgehead atoms. The number of benzene rings is 2. The van der Waals surface area contributed by atoms with Gasteiger partial charge in [0.15, 0.2) is 0 Å². The number of oxime groups is 1. The van der Waals surface area contributed by atoms with Gasteiger partial charge in [0.05, 0.1) is 0 Å². The van der Waals surface area contributed by atoms with Gasteiger partial charge in [-0.05, 0) is 24.6 Å². The minimum Gasteiger partial charge on any atom is -0.411 e. The maximum Gasteiger partial charge on any atom is 0.101 e. The molecule has 2 aromatic carbocycles. The fraction of sp³-hybridized carbons (Fsp3) is 0.350. The van der Waals surface area contributed by atoms with E-state index in [1.54, 1.807) is 0 Å². The highest BCUT2D eigenvalue weighted by Crippen LogP contribution is 2.12. The molecule has 1 N–H and O–H groups in total. The highest BCUT2D eigenvalue weighted by Gasteiger charge is 2.16. The monoisotopic (exact) mass is 323 g/mol. The second-order valence-corrected chi connectivity index (χ2v) is 6.49. The standard InChI is InChI=1S/C20H25N3O/c1-22-11-13-23(14-12-22)16-20(21-24)19-9-7-18(8-10-19)15-17-5-3-2-4-6-17/h2-10,24H,11-16H2,1H3. The van der Waals surface area contributed by atoms with Crippen LogP contribution in [0.5, 0.6) is 0 Å². The van der Waals surface area contributed by atoms with Gasteiger partial charge in [0.1, 0.15) is 5.71 Å². The predicted octanol–water partition coefficient (Wildman–Crippen LogP) is 2.70. The molecule has 1 aliphatic rings. The number of likely N-dealkylation sites (N-methyl/N-ethyl adjacent to an activating group) is 1. The van der Waals surface area contributed by atoms with E-state index in [2.05, 4.69) is 70.5 Å². The van der Waals surface area contributed by atoms with Crippen molar-refractivity contribution in [2.24, 2.45) is 5.16 Å².